The zero-order chi connectivity index (χ0) is 11.3. The highest BCUT2D eigenvalue weighted by atomic mass is 79.9. The van der Waals surface area contributed by atoms with Gasteiger partial charge in [-0.3, -0.25) is 4.79 Å². The third kappa shape index (κ3) is 4.64. The molecule has 0 aliphatic rings. The van der Waals surface area contributed by atoms with Crippen LogP contribution in [0.25, 0.3) is 0 Å². The summed E-state index contributed by atoms with van der Waals surface area (Å²) in [5.74, 6) is -0.301. The van der Waals surface area contributed by atoms with Crippen LogP contribution in [0.1, 0.15) is 12.0 Å². The molecule has 0 saturated heterocycles. The van der Waals surface area contributed by atoms with E-state index in [2.05, 4.69) is 21.2 Å². The molecule has 0 saturated carbocycles. The molecule has 0 heterocycles. The minimum atomic E-state index is -0.301. The van der Waals surface area contributed by atoms with Crippen molar-refractivity contribution in [1.82, 2.24) is 5.32 Å². The summed E-state index contributed by atoms with van der Waals surface area (Å²) in [6.45, 7) is 1.21. The molecular formula is C10H12BrClN2O. The smallest absolute Gasteiger partial charge is 0.218 e. The van der Waals surface area contributed by atoms with Crippen molar-refractivity contribution in [3.8, 4) is 0 Å². The van der Waals surface area contributed by atoms with E-state index < -0.39 is 0 Å². The van der Waals surface area contributed by atoms with Crippen molar-refractivity contribution in [3.05, 3.63) is 33.3 Å². The SMILES string of the molecule is NC(=O)CCNCc1ccc(Br)cc1Cl. The molecule has 82 valence electrons. The molecule has 0 aliphatic carbocycles. The lowest BCUT2D eigenvalue weighted by Crippen LogP contribution is -2.21. The molecule has 1 amide bonds. The van der Waals surface area contributed by atoms with Crippen LogP contribution in [0.3, 0.4) is 0 Å². The number of rotatable bonds is 5. The Balaban J connectivity index is 2.40. The Hall–Kier alpha value is -0.580. The van der Waals surface area contributed by atoms with Gasteiger partial charge in [-0.25, -0.2) is 0 Å². The fourth-order valence-electron chi connectivity index (χ4n) is 1.10. The molecule has 0 unspecified atom stereocenters. The van der Waals surface area contributed by atoms with Gasteiger partial charge in [-0.05, 0) is 17.7 Å². The molecule has 0 aliphatic heterocycles. The average molecular weight is 292 g/mol. The molecular weight excluding hydrogens is 279 g/mol. The number of hydrogen-bond donors (Lipinski definition) is 2. The van der Waals surface area contributed by atoms with E-state index in [0.29, 0.717) is 24.5 Å². The summed E-state index contributed by atoms with van der Waals surface area (Å²) >= 11 is 9.34. The first-order chi connectivity index (χ1) is 7.09. The van der Waals surface area contributed by atoms with Crippen LogP contribution in [0.15, 0.2) is 22.7 Å². The molecule has 1 aromatic rings. The highest BCUT2D eigenvalue weighted by Crippen LogP contribution is 2.20. The van der Waals surface area contributed by atoms with Crippen LogP contribution in [0.5, 0.6) is 0 Å². The summed E-state index contributed by atoms with van der Waals surface area (Å²) in [7, 11) is 0. The highest BCUT2D eigenvalue weighted by Gasteiger charge is 2.00. The van der Waals surface area contributed by atoms with Gasteiger partial charge in [0.05, 0.1) is 0 Å². The van der Waals surface area contributed by atoms with Gasteiger partial charge in [-0.2, -0.15) is 0 Å². The van der Waals surface area contributed by atoms with E-state index in [-0.39, 0.29) is 5.91 Å². The first-order valence-electron chi connectivity index (χ1n) is 4.52. The van der Waals surface area contributed by atoms with E-state index in [9.17, 15) is 4.79 Å². The van der Waals surface area contributed by atoms with Gasteiger partial charge < -0.3 is 11.1 Å². The van der Waals surface area contributed by atoms with Crippen molar-refractivity contribution < 1.29 is 4.79 Å². The Bertz CT molecular complexity index is 357. The summed E-state index contributed by atoms with van der Waals surface area (Å²) < 4.78 is 0.952. The van der Waals surface area contributed by atoms with Gasteiger partial charge in [-0.1, -0.05) is 33.6 Å². The Morgan fingerprint density at radius 3 is 2.87 bits per heavy atom. The van der Waals surface area contributed by atoms with Crippen LogP contribution in [-0.2, 0) is 11.3 Å². The lowest BCUT2D eigenvalue weighted by atomic mass is 10.2. The van der Waals surface area contributed by atoms with E-state index in [1.165, 1.54) is 0 Å². The standard InChI is InChI=1S/C10H12BrClN2O/c11-8-2-1-7(9(12)5-8)6-14-4-3-10(13)15/h1-2,5,14H,3-4,6H2,(H2,13,15). The molecule has 0 aromatic heterocycles. The van der Waals surface area contributed by atoms with Crippen molar-refractivity contribution in [2.75, 3.05) is 6.54 Å². The number of nitrogens with two attached hydrogens (primary N) is 1. The number of halogens is 2. The molecule has 0 bridgehead atoms. The Morgan fingerprint density at radius 1 is 1.53 bits per heavy atom. The highest BCUT2D eigenvalue weighted by molar-refractivity contribution is 9.10. The average Bonchev–Trinajstić information content (AvgIpc) is 2.14. The number of benzene rings is 1. The van der Waals surface area contributed by atoms with Gasteiger partial charge in [0, 0.05) is 29.0 Å². The molecule has 1 aromatic carbocycles. The van der Waals surface area contributed by atoms with E-state index in [0.717, 1.165) is 10.0 Å². The van der Waals surface area contributed by atoms with Crippen molar-refractivity contribution >= 4 is 33.4 Å². The topological polar surface area (TPSA) is 55.1 Å². The lowest BCUT2D eigenvalue weighted by Gasteiger charge is -2.05. The molecule has 5 heteroatoms. The predicted molar refractivity (Wildman–Crippen MR) is 64.7 cm³/mol. The summed E-state index contributed by atoms with van der Waals surface area (Å²) in [6, 6.07) is 5.70. The first kappa shape index (κ1) is 12.5. The molecule has 3 nitrogen and oxygen atoms in total. The third-order valence-electron chi connectivity index (χ3n) is 1.88. The number of primary amides is 1. The second-order valence-electron chi connectivity index (χ2n) is 3.13. The number of nitrogens with one attached hydrogen (secondary N) is 1. The van der Waals surface area contributed by atoms with E-state index >= 15 is 0 Å². The van der Waals surface area contributed by atoms with E-state index in [1.54, 1.807) is 0 Å². The molecule has 0 fully saturated rings. The largest absolute Gasteiger partial charge is 0.370 e. The fourth-order valence-corrected chi connectivity index (χ4v) is 1.84. The van der Waals surface area contributed by atoms with Crippen molar-refractivity contribution in [2.45, 2.75) is 13.0 Å². The summed E-state index contributed by atoms with van der Waals surface area (Å²) in [5, 5.41) is 3.80. The van der Waals surface area contributed by atoms with Gasteiger partial charge in [-0.15, -0.1) is 0 Å². The number of carbonyl (C=O) groups excluding carboxylic acids is 1. The zero-order valence-corrected chi connectivity index (χ0v) is 10.4. The van der Waals surface area contributed by atoms with Crippen LogP contribution < -0.4 is 11.1 Å². The van der Waals surface area contributed by atoms with Gasteiger partial charge in [0.25, 0.3) is 0 Å². The summed E-state index contributed by atoms with van der Waals surface area (Å²) in [6.07, 6.45) is 0.341. The zero-order valence-electron chi connectivity index (χ0n) is 8.09. The molecule has 15 heavy (non-hydrogen) atoms. The Morgan fingerprint density at radius 2 is 2.27 bits per heavy atom. The van der Waals surface area contributed by atoms with Crippen LogP contribution in [0.4, 0.5) is 0 Å². The van der Waals surface area contributed by atoms with Crippen LogP contribution in [-0.4, -0.2) is 12.5 Å². The molecule has 3 N–H and O–H groups in total. The van der Waals surface area contributed by atoms with Crippen LogP contribution in [0, 0.1) is 0 Å². The quantitative estimate of drug-likeness (QED) is 0.816. The van der Waals surface area contributed by atoms with Crippen LogP contribution in [0.2, 0.25) is 5.02 Å². The second kappa shape index (κ2) is 6.10. The molecule has 0 spiro atoms. The van der Waals surface area contributed by atoms with Crippen molar-refractivity contribution in [1.29, 1.82) is 0 Å². The number of hydrogen-bond acceptors (Lipinski definition) is 2. The maximum atomic E-state index is 10.5. The maximum absolute atomic E-state index is 10.5. The summed E-state index contributed by atoms with van der Waals surface area (Å²) in [4.78, 5) is 10.5. The van der Waals surface area contributed by atoms with Crippen LogP contribution >= 0.6 is 27.5 Å². The van der Waals surface area contributed by atoms with Gasteiger partial charge >= 0.3 is 0 Å². The van der Waals surface area contributed by atoms with Gasteiger partial charge in [0.15, 0.2) is 0 Å². The normalized spacial score (nSPS) is 10.3. The lowest BCUT2D eigenvalue weighted by molar-refractivity contribution is -0.117. The number of amides is 1. The Kier molecular flexibility index (Phi) is 5.08. The monoisotopic (exact) mass is 290 g/mol. The van der Waals surface area contributed by atoms with Gasteiger partial charge in [0.1, 0.15) is 0 Å². The third-order valence-corrected chi connectivity index (χ3v) is 2.72. The molecule has 0 atom stereocenters. The fraction of sp³-hybridized carbons (Fsp3) is 0.300. The maximum Gasteiger partial charge on any atom is 0.218 e. The van der Waals surface area contributed by atoms with E-state index in [4.69, 9.17) is 17.3 Å². The minimum absolute atomic E-state index is 0.301. The first-order valence-corrected chi connectivity index (χ1v) is 5.69. The molecule has 1 rings (SSSR count). The second-order valence-corrected chi connectivity index (χ2v) is 4.45. The Labute approximate surface area is 102 Å². The van der Waals surface area contributed by atoms with E-state index in [1.807, 2.05) is 18.2 Å². The summed E-state index contributed by atoms with van der Waals surface area (Å²) in [5.41, 5.74) is 6.01. The van der Waals surface area contributed by atoms with Crippen molar-refractivity contribution in [3.63, 3.8) is 0 Å². The number of carbonyl (C=O) groups is 1. The van der Waals surface area contributed by atoms with Gasteiger partial charge in [0.2, 0.25) is 5.91 Å². The van der Waals surface area contributed by atoms with Crippen molar-refractivity contribution in [2.24, 2.45) is 5.73 Å². The molecule has 0 radical (unpaired) electrons. The minimum Gasteiger partial charge on any atom is -0.370 e. The predicted octanol–water partition coefficient (Wildman–Crippen LogP) is 2.07.